The molecule has 0 aliphatic heterocycles. The van der Waals surface area contributed by atoms with Crippen LogP contribution in [0.25, 0.3) is 11.0 Å². The molecule has 140 valence electrons. The van der Waals surface area contributed by atoms with Crippen molar-refractivity contribution in [2.24, 2.45) is 0 Å². The number of urea groups is 1. The molecule has 4 rings (SSSR count). The first kappa shape index (κ1) is 17.8. The van der Waals surface area contributed by atoms with Gasteiger partial charge in [-0.3, -0.25) is 0 Å². The summed E-state index contributed by atoms with van der Waals surface area (Å²) in [6, 6.07) is 23.4. The van der Waals surface area contributed by atoms with Crippen LogP contribution in [-0.4, -0.2) is 16.0 Å². The normalized spacial score (nSPS) is 10.8. The zero-order valence-corrected chi connectivity index (χ0v) is 15.7. The molecular formula is C23H22N4O. The predicted octanol–water partition coefficient (Wildman–Crippen LogP) is 5.30. The van der Waals surface area contributed by atoms with Gasteiger partial charge in [-0.15, -0.1) is 0 Å². The van der Waals surface area contributed by atoms with Gasteiger partial charge >= 0.3 is 6.03 Å². The van der Waals surface area contributed by atoms with Crippen LogP contribution < -0.4 is 10.6 Å². The van der Waals surface area contributed by atoms with E-state index in [1.165, 1.54) is 5.56 Å². The van der Waals surface area contributed by atoms with E-state index in [-0.39, 0.29) is 6.03 Å². The molecule has 1 heterocycles. The number of nitrogens with zero attached hydrogens (tertiary/aromatic N) is 1. The topological polar surface area (TPSA) is 69.8 Å². The summed E-state index contributed by atoms with van der Waals surface area (Å²) in [5.74, 6) is 0.987. The molecule has 0 unspecified atom stereocenters. The van der Waals surface area contributed by atoms with Crippen LogP contribution in [-0.2, 0) is 12.8 Å². The van der Waals surface area contributed by atoms with E-state index >= 15 is 0 Å². The lowest BCUT2D eigenvalue weighted by molar-refractivity contribution is 0.262. The van der Waals surface area contributed by atoms with Crippen molar-refractivity contribution in [2.45, 2.75) is 19.8 Å². The Labute approximate surface area is 163 Å². The van der Waals surface area contributed by atoms with Gasteiger partial charge in [-0.05, 0) is 54.8 Å². The maximum Gasteiger partial charge on any atom is 0.323 e. The number of carbonyl (C=O) groups excluding carboxylic acids is 1. The van der Waals surface area contributed by atoms with Gasteiger partial charge in [-0.25, -0.2) is 9.78 Å². The second-order valence-corrected chi connectivity index (χ2v) is 6.79. The van der Waals surface area contributed by atoms with Crippen LogP contribution in [0.5, 0.6) is 0 Å². The number of carbonyl (C=O) groups is 1. The average Bonchev–Trinajstić information content (AvgIpc) is 3.12. The molecule has 0 fully saturated rings. The van der Waals surface area contributed by atoms with Crippen LogP contribution in [0.15, 0.2) is 72.8 Å². The van der Waals surface area contributed by atoms with Crippen molar-refractivity contribution in [1.82, 2.24) is 9.97 Å². The molecule has 0 aliphatic rings. The third-order valence-electron chi connectivity index (χ3n) is 4.69. The van der Waals surface area contributed by atoms with Crippen LogP contribution in [0, 0.1) is 6.92 Å². The predicted molar refractivity (Wildman–Crippen MR) is 114 cm³/mol. The molecule has 4 aromatic rings. The van der Waals surface area contributed by atoms with Crippen LogP contribution >= 0.6 is 0 Å². The molecule has 1 aromatic heterocycles. The smallest absolute Gasteiger partial charge is 0.323 e. The number of rotatable bonds is 5. The number of hydrogen-bond acceptors (Lipinski definition) is 2. The minimum absolute atomic E-state index is 0.246. The third kappa shape index (κ3) is 4.20. The van der Waals surface area contributed by atoms with Crippen molar-refractivity contribution in [3.05, 3.63) is 89.7 Å². The number of benzene rings is 3. The van der Waals surface area contributed by atoms with E-state index in [1.807, 2.05) is 79.7 Å². The van der Waals surface area contributed by atoms with E-state index in [2.05, 4.69) is 20.6 Å². The largest absolute Gasteiger partial charge is 0.342 e. The van der Waals surface area contributed by atoms with Gasteiger partial charge in [0, 0.05) is 17.8 Å². The molecule has 0 atom stereocenters. The molecule has 28 heavy (non-hydrogen) atoms. The number of para-hydroxylation sites is 3. The number of nitrogens with one attached hydrogen (secondary N) is 3. The Hall–Kier alpha value is -3.60. The number of imidazole rings is 1. The Morgan fingerprint density at radius 1 is 0.893 bits per heavy atom. The maximum absolute atomic E-state index is 12.2. The molecule has 0 radical (unpaired) electrons. The highest BCUT2D eigenvalue weighted by molar-refractivity contribution is 6.00. The van der Waals surface area contributed by atoms with Crippen molar-refractivity contribution >= 4 is 28.4 Å². The summed E-state index contributed by atoms with van der Waals surface area (Å²) < 4.78 is 0. The van der Waals surface area contributed by atoms with Gasteiger partial charge in [0.2, 0.25) is 0 Å². The molecule has 5 heteroatoms. The van der Waals surface area contributed by atoms with Crippen molar-refractivity contribution in [1.29, 1.82) is 0 Å². The molecular weight excluding hydrogens is 348 g/mol. The fraction of sp³-hybridized carbons (Fsp3) is 0.130. The summed E-state index contributed by atoms with van der Waals surface area (Å²) in [5.41, 5.74) is 5.86. The first-order valence-electron chi connectivity index (χ1n) is 9.33. The van der Waals surface area contributed by atoms with Crippen LogP contribution in [0.3, 0.4) is 0 Å². The summed E-state index contributed by atoms with van der Waals surface area (Å²) in [6.45, 7) is 1.96. The first-order valence-corrected chi connectivity index (χ1v) is 9.33. The van der Waals surface area contributed by atoms with Crippen molar-refractivity contribution < 1.29 is 4.79 Å². The second kappa shape index (κ2) is 7.96. The van der Waals surface area contributed by atoms with Gasteiger partial charge < -0.3 is 15.6 Å². The monoisotopic (exact) mass is 370 g/mol. The number of amides is 2. The quantitative estimate of drug-likeness (QED) is 0.446. The number of hydrogen-bond donors (Lipinski definition) is 3. The van der Waals surface area contributed by atoms with E-state index in [0.717, 1.165) is 46.6 Å². The summed E-state index contributed by atoms with van der Waals surface area (Å²) in [4.78, 5) is 20.1. The molecule has 0 saturated carbocycles. The summed E-state index contributed by atoms with van der Waals surface area (Å²) >= 11 is 0. The fourth-order valence-corrected chi connectivity index (χ4v) is 3.14. The number of aromatic amines is 1. The lowest BCUT2D eigenvalue weighted by Gasteiger charge is -2.10. The molecule has 0 spiro atoms. The van der Waals surface area contributed by atoms with E-state index in [9.17, 15) is 4.79 Å². The lowest BCUT2D eigenvalue weighted by atomic mass is 10.1. The van der Waals surface area contributed by atoms with Gasteiger partial charge in [0.05, 0.1) is 11.0 Å². The third-order valence-corrected chi connectivity index (χ3v) is 4.69. The molecule has 0 saturated heterocycles. The average molecular weight is 370 g/mol. The lowest BCUT2D eigenvalue weighted by Crippen LogP contribution is -2.19. The van der Waals surface area contributed by atoms with Crippen LogP contribution in [0.4, 0.5) is 16.2 Å². The Morgan fingerprint density at radius 2 is 1.64 bits per heavy atom. The Balaban J connectivity index is 1.33. The van der Waals surface area contributed by atoms with Gasteiger partial charge in [-0.2, -0.15) is 0 Å². The Kier molecular flexibility index (Phi) is 5.06. The summed E-state index contributed by atoms with van der Waals surface area (Å²) in [5, 5.41) is 5.74. The van der Waals surface area contributed by atoms with Crippen molar-refractivity contribution in [3.63, 3.8) is 0 Å². The van der Waals surface area contributed by atoms with Crippen molar-refractivity contribution in [2.75, 3.05) is 10.6 Å². The minimum atomic E-state index is -0.246. The standard InChI is InChI=1S/C23H22N4O/c1-16-6-2-3-7-19(16)27-23(28)24-18-13-10-17(11-14-18)12-15-22-25-20-8-4-5-9-21(20)26-22/h2-11,13-14H,12,15H2,1H3,(H,25,26)(H2,24,27,28). The second-order valence-electron chi connectivity index (χ2n) is 6.79. The number of aromatic nitrogens is 2. The van der Waals surface area contributed by atoms with E-state index < -0.39 is 0 Å². The zero-order valence-electron chi connectivity index (χ0n) is 15.7. The van der Waals surface area contributed by atoms with Gasteiger partial charge in [0.1, 0.15) is 5.82 Å². The van der Waals surface area contributed by atoms with Crippen LogP contribution in [0.1, 0.15) is 17.0 Å². The molecule has 0 bridgehead atoms. The van der Waals surface area contributed by atoms with E-state index in [1.54, 1.807) is 0 Å². The summed E-state index contributed by atoms with van der Waals surface area (Å²) in [7, 11) is 0. The molecule has 5 nitrogen and oxygen atoms in total. The molecule has 3 aromatic carbocycles. The first-order chi connectivity index (χ1) is 13.7. The van der Waals surface area contributed by atoms with E-state index in [4.69, 9.17) is 0 Å². The molecule has 2 amide bonds. The van der Waals surface area contributed by atoms with Crippen molar-refractivity contribution in [3.8, 4) is 0 Å². The maximum atomic E-state index is 12.2. The molecule has 3 N–H and O–H groups in total. The Bertz CT molecular complexity index is 1070. The van der Waals surface area contributed by atoms with E-state index in [0.29, 0.717) is 0 Å². The highest BCUT2D eigenvalue weighted by Crippen LogP contribution is 2.16. The Morgan fingerprint density at radius 3 is 2.43 bits per heavy atom. The summed E-state index contributed by atoms with van der Waals surface area (Å²) in [6.07, 6.45) is 1.73. The highest BCUT2D eigenvalue weighted by atomic mass is 16.2. The number of H-pyrrole nitrogens is 1. The van der Waals surface area contributed by atoms with Gasteiger partial charge in [0.15, 0.2) is 0 Å². The zero-order chi connectivity index (χ0) is 19.3. The minimum Gasteiger partial charge on any atom is -0.342 e. The number of fused-ring (bicyclic) bond motifs is 1. The fourth-order valence-electron chi connectivity index (χ4n) is 3.14. The van der Waals surface area contributed by atoms with Gasteiger partial charge in [0.25, 0.3) is 0 Å². The van der Waals surface area contributed by atoms with Crippen LogP contribution in [0.2, 0.25) is 0 Å². The SMILES string of the molecule is Cc1ccccc1NC(=O)Nc1ccc(CCc2nc3ccccc3[nH]2)cc1. The van der Waals surface area contributed by atoms with Gasteiger partial charge in [-0.1, -0.05) is 42.5 Å². The number of anilines is 2. The highest BCUT2D eigenvalue weighted by Gasteiger charge is 2.06. The molecule has 0 aliphatic carbocycles. The number of aryl methyl sites for hydroxylation is 3.